The van der Waals surface area contributed by atoms with Gasteiger partial charge in [0.1, 0.15) is 0 Å². The molecule has 0 saturated heterocycles. The number of nitrogens with one attached hydrogen (secondary N) is 1. The number of rotatable bonds is 9. The first-order valence-electron chi connectivity index (χ1n) is 7.49. The molecule has 0 aromatic heterocycles. The second-order valence-electron chi connectivity index (χ2n) is 5.12. The molecule has 1 N–H and O–H groups in total. The fourth-order valence-corrected chi connectivity index (χ4v) is 1.92. The number of Topliss-reactive ketones (excluding diaryl/α,β-unsaturated/α-hetero) is 1. The topological polar surface area (TPSA) is 55.4 Å². The molecule has 0 fully saturated rings. The average Bonchev–Trinajstić information content (AvgIpc) is 2.47. The Bertz CT molecular complexity index is 483. The highest BCUT2D eigenvalue weighted by atomic mass is 16.5. The molecule has 1 aromatic rings. The minimum absolute atomic E-state index is 0.0163. The average molecular weight is 291 g/mol. The van der Waals surface area contributed by atoms with Crippen molar-refractivity contribution < 1.29 is 14.3 Å². The lowest BCUT2D eigenvalue weighted by Crippen LogP contribution is -2.25. The van der Waals surface area contributed by atoms with E-state index in [0.29, 0.717) is 25.3 Å². The van der Waals surface area contributed by atoms with Crippen LogP contribution in [0.25, 0.3) is 0 Å². The van der Waals surface area contributed by atoms with E-state index in [-0.39, 0.29) is 24.5 Å². The van der Waals surface area contributed by atoms with Crippen molar-refractivity contribution in [1.29, 1.82) is 0 Å². The minimum atomic E-state index is -0.0799. The number of ether oxygens (including phenoxy) is 1. The van der Waals surface area contributed by atoms with Crippen LogP contribution in [0.5, 0.6) is 0 Å². The molecule has 0 aliphatic heterocycles. The Balaban J connectivity index is 2.29. The van der Waals surface area contributed by atoms with Crippen LogP contribution in [-0.4, -0.2) is 31.4 Å². The quantitative estimate of drug-likeness (QED) is 0.562. The Labute approximate surface area is 126 Å². The molecule has 21 heavy (non-hydrogen) atoms. The zero-order valence-corrected chi connectivity index (χ0v) is 13.2. The summed E-state index contributed by atoms with van der Waals surface area (Å²) in [6, 6.07) is 5.65. The summed E-state index contributed by atoms with van der Waals surface area (Å²) in [5, 5.41) is 2.80. The van der Waals surface area contributed by atoms with Crippen LogP contribution in [0.15, 0.2) is 18.2 Å². The lowest BCUT2D eigenvalue weighted by atomic mass is 10.0. The van der Waals surface area contributed by atoms with Crippen molar-refractivity contribution in [3.05, 3.63) is 34.9 Å². The standard InChI is InChI=1S/C17H25NO3/c1-4-21-11-5-10-18-17(20)9-8-16(19)15-7-6-13(2)14(3)12-15/h6-7,12H,4-5,8-11H2,1-3H3,(H,18,20). The van der Waals surface area contributed by atoms with E-state index in [1.165, 1.54) is 5.56 Å². The smallest absolute Gasteiger partial charge is 0.220 e. The zero-order valence-electron chi connectivity index (χ0n) is 13.2. The fourth-order valence-electron chi connectivity index (χ4n) is 1.92. The third kappa shape index (κ3) is 6.54. The van der Waals surface area contributed by atoms with Crippen molar-refractivity contribution in [3.8, 4) is 0 Å². The molecule has 0 spiro atoms. The first-order valence-corrected chi connectivity index (χ1v) is 7.49. The van der Waals surface area contributed by atoms with Crippen molar-refractivity contribution in [3.63, 3.8) is 0 Å². The van der Waals surface area contributed by atoms with E-state index in [4.69, 9.17) is 4.74 Å². The van der Waals surface area contributed by atoms with Gasteiger partial charge in [0.05, 0.1) is 0 Å². The molecule has 4 nitrogen and oxygen atoms in total. The van der Waals surface area contributed by atoms with Gasteiger partial charge in [0.25, 0.3) is 0 Å². The number of carbonyl (C=O) groups is 2. The van der Waals surface area contributed by atoms with Gasteiger partial charge in [0.2, 0.25) is 5.91 Å². The van der Waals surface area contributed by atoms with Crippen LogP contribution in [0.3, 0.4) is 0 Å². The maximum atomic E-state index is 12.0. The van der Waals surface area contributed by atoms with Gasteiger partial charge in [-0.3, -0.25) is 9.59 Å². The second-order valence-corrected chi connectivity index (χ2v) is 5.12. The minimum Gasteiger partial charge on any atom is -0.382 e. The molecular weight excluding hydrogens is 266 g/mol. The SMILES string of the molecule is CCOCCCNC(=O)CCC(=O)c1ccc(C)c(C)c1. The van der Waals surface area contributed by atoms with Crippen LogP contribution in [0, 0.1) is 13.8 Å². The third-order valence-electron chi connectivity index (χ3n) is 3.40. The Morgan fingerprint density at radius 1 is 1.14 bits per heavy atom. The summed E-state index contributed by atoms with van der Waals surface area (Å²) in [7, 11) is 0. The Hall–Kier alpha value is -1.68. The summed E-state index contributed by atoms with van der Waals surface area (Å²) in [5.41, 5.74) is 2.95. The highest BCUT2D eigenvalue weighted by Crippen LogP contribution is 2.12. The maximum Gasteiger partial charge on any atom is 0.220 e. The predicted octanol–water partition coefficient (Wildman–Crippen LogP) is 2.81. The number of aryl methyl sites for hydroxylation is 2. The zero-order chi connectivity index (χ0) is 15.7. The molecule has 0 atom stereocenters. The van der Waals surface area contributed by atoms with Gasteiger partial charge in [-0.05, 0) is 44.4 Å². The largest absolute Gasteiger partial charge is 0.382 e. The third-order valence-corrected chi connectivity index (χ3v) is 3.40. The summed E-state index contributed by atoms with van der Waals surface area (Å²) in [5.74, 6) is -0.0637. The normalized spacial score (nSPS) is 10.4. The summed E-state index contributed by atoms with van der Waals surface area (Å²) >= 11 is 0. The lowest BCUT2D eigenvalue weighted by molar-refractivity contribution is -0.121. The Morgan fingerprint density at radius 3 is 2.57 bits per heavy atom. The monoisotopic (exact) mass is 291 g/mol. The second kappa shape index (κ2) is 9.29. The van der Waals surface area contributed by atoms with Crippen LogP contribution < -0.4 is 5.32 Å². The van der Waals surface area contributed by atoms with Gasteiger partial charge < -0.3 is 10.1 Å². The van der Waals surface area contributed by atoms with Gasteiger partial charge in [-0.25, -0.2) is 0 Å². The van der Waals surface area contributed by atoms with E-state index in [9.17, 15) is 9.59 Å². The molecule has 1 amide bonds. The van der Waals surface area contributed by atoms with Gasteiger partial charge in [0, 0.05) is 38.2 Å². The van der Waals surface area contributed by atoms with Crippen LogP contribution >= 0.6 is 0 Å². The van der Waals surface area contributed by atoms with Crippen LogP contribution in [0.2, 0.25) is 0 Å². The predicted molar refractivity (Wildman–Crippen MR) is 83.6 cm³/mol. The van der Waals surface area contributed by atoms with Gasteiger partial charge in [0.15, 0.2) is 5.78 Å². The molecule has 0 aliphatic carbocycles. The van der Waals surface area contributed by atoms with E-state index in [1.54, 1.807) is 0 Å². The van der Waals surface area contributed by atoms with Crippen molar-refractivity contribution in [2.45, 2.75) is 40.0 Å². The van der Waals surface area contributed by atoms with Gasteiger partial charge >= 0.3 is 0 Å². The molecule has 1 aromatic carbocycles. The van der Waals surface area contributed by atoms with Crippen LogP contribution in [0.4, 0.5) is 0 Å². The van der Waals surface area contributed by atoms with Crippen molar-refractivity contribution >= 4 is 11.7 Å². The van der Waals surface area contributed by atoms with Crippen molar-refractivity contribution in [1.82, 2.24) is 5.32 Å². The number of ketones is 1. The molecule has 116 valence electrons. The number of hydrogen-bond acceptors (Lipinski definition) is 3. The molecule has 0 bridgehead atoms. The van der Waals surface area contributed by atoms with Gasteiger partial charge in [-0.15, -0.1) is 0 Å². The molecule has 0 radical (unpaired) electrons. The molecule has 0 saturated carbocycles. The lowest BCUT2D eigenvalue weighted by Gasteiger charge is -2.06. The highest BCUT2D eigenvalue weighted by Gasteiger charge is 2.09. The van der Waals surface area contributed by atoms with E-state index in [0.717, 1.165) is 12.0 Å². The molecule has 0 heterocycles. The first kappa shape index (κ1) is 17.4. The van der Waals surface area contributed by atoms with E-state index in [2.05, 4.69) is 5.32 Å². The van der Waals surface area contributed by atoms with E-state index >= 15 is 0 Å². The van der Waals surface area contributed by atoms with Crippen molar-refractivity contribution in [2.75, 3.05) is 19.8 Å². The molecular formula is C17H25NO3. The van der Waals surface area contributed by atoms with Gasteiger partial charge in [-0.2, -0.15) is 0 Å². The number of benzene rings is 1. The molecule has 1 rings (SSSR count). The fraction of sp³-hybridized carbons (Fsp3) is 0.529. The summed E-state index contributed by atoms with van der Waals surface area (Å²) < 4.78 is 5.19. The van der Waals surface area contributed by atoms with Crippen LogP contribution in [0.1, 0.15) is 47.7 Å². The number of hydrogen-bond donors (Lipinski definition) is 1. The Morgan fingerprint density at radius 2 is 1.90 bits per heavy atom. The van der Waals surface area contributed by atoms with Crippen molar-refractivity contribution in [2.24, 2.45) is 0 Å². The van der Waals surface area contributed by atoms with E-state index in [1.807, 2.05) is 39.0 Å². The first-order chi connectivity index (χ1) is 10.0. The van der Waals surface area contributed by atoms with Crippen LogP contribution in [-0.2, 0) is 9.53 Å². The molecule has 0 aliphatic rings. The van der Waals surface area contributed by atoms with E-state index < -0.39 is 0 Å². The summed E-state index contributed by atoms with van der Waals surface area (Å²) in [4.78, 5) is 23.7. The number of carbonyl (C=O) groups excluding carboxylic acids is 2. The van der Waals surface area contributed by atoms with Gasteiger partial charge in [-0.1, -0.05) is 12.1 Å². The molecule has 0 unspecified atom stereocenters. The number of amides is 1. The molecule has 4 heteroatoms. The maximum absolute atomic E-state index is 12.0. The summed E-state index contributed by atoms with van der Waals surface area (Å²) in [6.07, 6.45) is 1.28. The highest BCUT2D eigenvalue weighted by molar-refractivity contribution is 5.98. The summed E-state index contributed by atoms with van der Waals surface area (Å²) in [6.45, 7) is 7.88. The Kier molecular flexibility index (Phi) is 7.69.